The van der Waals surface area contributed by atoms with Crippen LogP contribution in [0.15, 0.2) is 47.5 Å². The molecule has 2 aromatic carbocycles. The third kappa shape index (κ3) is 4.67. The number of ketones is 1. The molecule has 0 unspecified atom stereocenters. The Hall–Kier alpha value is -3.46. The minimum atomic E-state index is -1.16. The van der Waals surface area contributed by atoms with Crippen LogP contribution in [0.5, 0.6) is 17.4 Å². The molecule has 2 heterocycles. The molecule has 1 aliphatic rings. The molecular formula is C27H25F2N3O3S. The molecular weight excluding hydrogens is 484 g/mol. The number of hydrogen-bond donors (Lipinski definition) is 0. The zero-order valence-corrected chi connectivity index (χ0v) is 21.0. The molecule has 0 amide bonds. The number of methoxy groups -OCH3 is 1. The number of benzene rings is 2. The molecule has 36 heavy (non-hydrogen) atoms. The van der Waals surface area contributed by atoms with Gasteiger partial charge in [-0.2, -0.15) is 8.78 Å². The number of rotatable bonds is 9. The van der Waals surface area contributed by atoms with Gasteiger partial charge in [-0.05, 0) is 49.3 Å². The first-order valence-electron chi connectivity index (χ1n) is 11.7. The first-order valence-corrected chi connectivity index (χ1v) is 12.9. The lowest BCUT2D eigenvalue weighted by molar-refractivity contribution is 0.0977. The molecule has 1 saturated carbocycles. The van der Waals surface area contributed by atoms with Crippen LogP contribution in [0.3, 0.4) is 0 Å². The molecule has 0 saturated heterocycles. The van der Waals surface area contributed by atoms with Gasteiger partial charge in [-0.3, -0.25) is 4.79 Å². The standard InChI is InChI=1S/C27H25F2N3O3S/c1-15-12-17(7-8-18(15)20(33)9-6-16-4-5-16)19-14-30-27-23(36-3)13-24(31-32(19)27)35-22-11-10-21(34-2)25(28)26(22)29/h7-8,10-14,16H,4-6,9H2,1-3H3. The highest BCUT2D eigenvalue weighted by Gasteiger charge is 2.23. The fraction of sp³-hybridized carbons (Fsp3) is 0.296. The SMILES string of the molecule is COc1ccc(Oc2cc(SC)c3ncc(-c4ccc(C(=O)CCC5CC5)c(C)c4)n3n2)c(F)c1F. The summed E-state index contributed by atoms with van der Waals surface area (Å²) in [6.45, 7) is 1.92. The Kier molecular flexibility index (Phi) is 6.66. The van der Waals surface area contributed by atoms with E-state index in [4.69, 9.17) is 9.47 Å². The molecule has 9 heteroatoms. The minimum absolute atomic E-state index is 0.0816. The Balaban J connectivity index is 1.49. The lowest BCUT2D eigenvalue weighted by Gasteiger charge is -2.11. The normalized spacial score (nSPS) is 13.2. The highest BCUT2D eigenvalue weighted by molar-refractivity contribution is 7.98. The van der Waals surface area contributed by atoms with E-state index in [-0.39, 0.29) is 23.2 Å². The van der Waals surface area contributed by atoms with Crippen LogP contribution in [-0.2, 0) is 0 Å². The van der Waals surface area contributed by atoms with Gasteiger partial charge in [0.1, 0.15) is 0 Å². The summed E-state index contributed by atoms with van der Waals surface area (Å²) in [5.74, 6) is -1.86. The van der Waals surface area contributed by atoms with Crippen molar-refractivity contribution in [1.29, 1.82) is 0 Å². The Morgan fingerprint density at radius 3 is 2.58 bits per heavy atom. The van der Waals surface area contributed by atoms with Crippen molar-refractivity contribution >= 4 is 23.2 Å². The molecule has 186 valence electrons. The van der Waals surface area contributed by atoms with Crippen molar-refractivity contribution in [2.24, 2.45) is 5.92 Å². The summed E-state index contributed by atoms with van der Waals surface area (Å²) >= 11 is 1.43. The second-order valence-electron chi connectivity index (χ2n) is 8.86. The van der Waals surface area contributed by atoms with E-state index in [1.54, 1.807) is 16.8 Å². The Morgan fingerprint density at radius 1 is 1.14 bits per heavy atom. The maximum absolute atomic E-state index is 14.5. The van der Waals surface area contributed by atoms with Crippen LogP contribution in [0.25, 0.3) is 16.9 Å². The third-order valence-corrected chi connectivity index (χ3v) is 7.12. The maximum Gasteiger partial charge on any atom is 0.238 e. The van der Waals surface area contributed by atoms with Gasteiger partial charge in [-0.15, -0.1) is 16.9 Å². The van der Waals surface area contributed by atoms with Crippen molar-refractivity contribution in [2.45, 2.75) is 37.5 Å². The number of nitrogens with zero attached hydrogens (tertiary/aromatic N) is 3. The quantitative estimate of drug-likeness (QED) is 0.181. The van der Waals surface area contributed by atoms with Crippen molar-refractivity contribution < 1.29 is 23.0 Å². The molecule has 0 atom stereocenters. The zero-order valence-electron chi connectivity index (χ0n) is 20.2. The highest BCUT2D eigenvalue weighted by Crippen LogP contribution is 2.35. The lowest BCUT2D eigenvalue weighted by Crippen LogP contribution is -2.03. The molecule has 6 nitrogen and oxygen atoms in total. The number of imidazole rings is 1. The number of halogens is 2. The van der Waals surface area contributed by atoms with Gasteiger partial charge in [0.05, 0.1) is 23.9 Å². The second kappa shape index (κ2) is 9.89. The topological polar surface area (TPSA) is 65.7 Å². The minimum Gasteiger partial charge on any atom is -0.494 e. The van der Waals surface area contributed by atoms with E-state index in [1.807, 2.05) is 31.4 Å². The van der Waals surface area contributed by atoms with E-state index in [9.17, 15) is 13.6 Å². The van der Waals surface area contributed by atoms with Crippen molar-refractivity contribution in [1.82, 2.24) is 14.6 Å². The van der Waals surface area contributed by atoms with Gasteiger partial charge in [0.15, 0.2) is 22.9 Å². The molecule has 0 radical (unpaired) electrons. The Bertz CT molecular complexity index is 1470. The van der Waals surface area contributed by atoms with E-state index < -0.39 is 11.6 Å². The molecule has 4 aromatic rings. The predicted octanol–water partition coefficient (Wildman–Crippen LogP) is 6.88. The molecule has 0 bridgehead atoms. The number of carbonyl (C=O) groups is 1. The van der Waals surface area contributed by atoms with E-state index in [2.05, 4.69) is 10.1 Å². The van der Waals surface area contributed by atoms with Crippen LogP contribution < -0.4 is 9.47 Å². The number of carbonyl (C=O) groups excluding carboxylic acids is 1. The van der Waals surface area contributed by atoms with Crippen molar-refractivity contribution in [3.05, 3.63) is 65.4 Å². The summed E-state index contributed by atoms with van der Waals surface area (Å²) < 4.78 is 40.7. The summed E-state index contributed by atoms with van der Waals surface area (Å²) in [4.78, 5) is 18.0. The van der Waals surface area contributed by atoms with Crippen LogP contribution in [0.2, 0.25) is 0 Å². The monoisotopic (exact) mass is 509 g/mol. The molecule has 2 aromatic heterocycles. The zero-order chi connectivity index (χ0) is 25.4. The summed E-state index contributed by atoms with van der Waals surface area (Å²) in [7, 11) is 1.26. The van der Waals surface area contributed by atoms with E-state index in [1.165, 1.54) is 43.8 Å². The molecule has 0 N–H and O–H groups in total. The summed E-state index contributed by atoms with van der Waals surface area (Å²) in [6.07, 6.45) is 7.57. The van der Waals surface area contributed by atoms with Gasteiger partial charge in [0.25, 0.3) is 0 Å². The third-order valence-electron chi connectivity index (χ3n) is 6.38. The van der Waals surface area contributed by atoms with Crippen LogP contribution in [0.4, 0.5) is 8.78 Å². The van der Waals surface area contributed by atoms with Crippen LogP contribution in [0, 0.1) is 24.5 Å². The van der Waals surface area contributed by atoms with E-state index >= 15 is 0 Å². The second-order valence-corrected chi connectivity index (χ2v) is 9.71. The lowest BCUT2D eigenvalue weighted by atomic mass is 9.97. The first kappa shape index (κ1) is 24.2. The van der Waals surface area contributed by atoms with Gasteiger partial charge in [-0.1, -0.05) is 25.0 Å². The Morgan fingerprint density at radius 2 is 1.89 bits per heavy atom. The number of thioether (sulfide) groups is 1. The fourth-order valence-corrected chi connectivity index (χ4v) is 4.73. The van der Waals surface area contributed by atoms with Crippen LogP contribution >= 0.6 is 11.8 Å². The van der Waals surface area contributed by atoms with E-state index in [0.29, 0.717) is 23.7 Å². The average molecular weight is 510 g/mol. The van der Waals surface area contributed by atoms with Crippen molar-refractivity contribution in [2.75, 3.05) is 13.4 Å². The summed E-state index contributed by atoms with van der Waals surface area (Å²) in [6, 6.07) is 9.89. The highest BCUT2D eigenvalue weighted by atomic mass is 32.2. The van der Waals surface area contributed by atoms with Gasteiger partial charge in [0, 0.05) is 23.6 Å². The number of fused-ring (bicyclic) bond motifs is 1. The largest absolute Gasteiger partial charge is 0.494 e. The predicted molar refractivity (Wildman–Crippen MR) is 134 cm³/mol. The molecule has 1 aliphatic carbocycles. The molecule has 0 spiro atoms. The van der Waals surface area contributed by atoms with Gasteiger partial charge >= 0.3 is 0 Å². The number of ether oxygens (including phenoxy) is 2. The fourth-order valence-electron chi connectivity index (χ4n) is 4.19. The van der Waals surface area contributed by atoms with Crippen molar-refractivity contribution in [3.63, 3.8) is 0 Å². The number of Topliss-reactive ketones (excluding diaryl/α,β-unsaturated/α-hetero) is 1. The van der Waals surface area contributed by atoms with Crippen LogP contribution in [0.1, 0.15) is 41.6 Å². The summed E-state index contributed by atoms with van der Waals surface area (Å²) in [5.41, 5.74) is 3.74. The van der Waals surface area contributed by atoms with Crippen molar-refractivity contribution in [3.8, 4) is 28.6 Å². The number of aryl methyl sites for hydroxylation is 1. The average Bonchev–Trinajstić information content (AvgIpc) is 3.62. The van der Waals surface area contributed by atoms with Crippen LogP contribution in [-0.4, -0.2) is 33.7 Å². The Labute approximate surface area is 211 Å². The molecule has 0 aliphatic heterocycles. The van der Waals surface area contributed by atoms with Gasteiger partial charge < -0.3 is 9.47 Å². The smallest absolute Gasteiger partial charge is 0.238 e. The van der Waals surface area contributed by atoms with E-state index in [0.717, 1.165) is 28.0 Å². The number of hydrogen-bond acceptors (Lipinski definition) is 6. The summed E-state index contributed by atoms with van der Waals surface area (Å²) in [5, 5.41) is 4.50. The van der Waals surface area contributed by atoms with Gasteiger partial charge in [0.2, 0.25) is 17.5 Å². The first-order chi connectivity index (χ1) is 17.4. The van der Waals surface area contributed by atoms with Gasteiger partial charge in [-0.25, -0.2) is 9.50 Å². The molecule has 1 fully saturated rings. The maximum atomic E-state index is 14.5. The molecule has 5 rings (SSSR count). The number of aromatic nitrogens is 3.